The monoisotopic (exact) mass is 264 g/mol. The molecule has 2 rings (SSSR count). The topological polar surface area (TPSA) is 91.0 Å². The third-order valence-electron chi connectivity index (χ3n) is 2.21. The maximum Gasteiger partial charge on any atom is 0.216 e. The summed E-state index contributed by atoms with van der Waals surface area (Å²) in [5, 5.41) is 0.327. The van der Waals surface area contributed by atoms with Crippen LogP contribution in [-0.4, -0.2) is 27.8 Å². The molecule has 18 heavy (non-hydrogen) atoms. The molecular weight excluding hydrogens is 256 g/mol. The lowest BCUT2D eigenvalue weighted by Gasteiger charge is -2.04. The Kier molecular flexibility index (Phi) is 3.38. The summed E-state index contributed by atoms with van der Waals surface area (Å²) in [4.78, 5) is 23.7. The van der Waals surface area contributed by atoms with Crippen molar-refractivity contribution in [3.8, 4) is 5.88 Å². The van der Waals surface area contributed by atoms with Gasteiger partial charge in [-0.05, 0) is 6.07 Å². The lowest BCUT2D eigenvalue weighted by atomic mass is 10.1. The molecule has 0 spiro atoms. The minimum atomic E-state index is -0.386. The van der Waals surface area contributed by atoms with Crippen LogP contribution in [0.2, 0.25) is 5.02 Å². The van der Waals surface area contributed by atoms with Crippen molar-refractivity contribution in [2.24, 2.45) is 0 Å². The zero-order chi connectivity index (χ0) is 13.1. The molecule has 0 saturated heterocycles. The lowest BCUT2D eigenvalue weighted by molar-refractivity contribution is 0.103. The Morgan fingerprint density at radius 1 is 1.33 bits per heavy atom. The van der Waals surface area contributed by atoms with E-state index < -0.39 is 0 Å². The molecule has 0 fully saturated rings. The van der Waals surface area contributed by atoms with E-state index in [1.807, 2.05) is 0 Å². The predicted octanol–water partition coefficient (Wildman–Crippen LogP) is 1.35. The molecule has 0 amide bonds. The number of nitrogen functional groups attached to an aromatic ring is 1. The zero-order valence-electron chi connectivity index (χ0n) is 9.42. The fourth-order valence-corrected chi connectivity index (χ4v) is 1.50. The van der Waals surface area contributed by atoms with Crippen LogP contribution in [0.1, 0.15) is 16.1 Å². The summed E-state index contributed by atoms with van der Waals surface area (Å²) in [6, 6.07) is 2.86. The minimum Gasteiger partial charge on any atom is -0.481 e. The van der Waals surface area contributed by atoms with E-state index >= 15 is 0 Å². The molecule has 2 N–H and O–H groups in total. The number of ketones is 1. The zero-order valence-corrected chi connectivity index (χ0v) is 10.2. The maximum absolute atomic E-state index is 12.2. The third-order valence-corrected chi connectivity index (χ3v) is 2.42. The van der Waals surface area contributed by atoms with Crippen molar-refractivity contribution < 1.29 is 9.53 Å². The average molecular weight is 265 g/mol. The molecule has 0 aliphatic rings. The van der Waals surface area contributed by atoms with Crippen molar-refractivity contribution in [1.82, 2.24) is 15.0 Å². The highest BCUT2D eigenvalue weighted by molar-refractivity contribution is 6.31. The molecule has 0 bridgehead atoms. The number of carbonyl (C=O) groups excluding carboxylic acids is 1. The third kappa shape index (κ3) is 2.38. The largest absolute Gasteiger partial charge is 0.481 e. The number of hydrogen-bond acceptors (Lipinski definition) is 6. The number of carbonyl (C=O) groups is 1. The predicted molar refractivity (Wildman–Crippen MR) is 65.7 cm³/mol. The van der Waals surface area contributed by atoms with Crippen molar-refractivity contribution in [3.05, 3.63) is 40.9 Å². The quantitative estimate of drug-likeness (QED) is 0.842. The van der Waals surface area contributed by atoms with Crippen LogP contribution in [0.15, 0.2) is 24.7 Å². The van der Waals surface area contributed by atoms with E-state index in [9.17, 15) is 4.79 Å². The highest BCUT2D eigenvalue weighted by Crippen LogP contribution is 2.19. The van der Waals surface area contributed by atoms with Crippen LogP contribution in [0.3, 0.4) is 0 Å². The van der Waals surface area contributed by atoms with Crippen LogP contribution in [0.4, 0.5) is 5.82 Å². The number of rotatable bonds is 3. The van der Waals surface area contributed by atoms with Crippen LogP contribution in [0.25, 0.3) is 0 Å². The molecule has 2 aromatic heterocycles. The van der Waals surface area contributed by atoms with Crippen LogP contribution in [0, 0.1) is 0 Å². The van der Waals surface area contributed by atoms with E-state index in [4.69, 9.17) is 22.1 Å². The fourth-order valence-electron chi connectivity index (χ4n) is 1.34. The van der Waals surface area contributed by atoms with Crippen LogP contribution >= 0.6 is 11.6 Å². The van der Waals surface area contributed by atoms with Gasteiger partial charge in [0.15, 0.2) is 0 Å². The van der Waals surface area contributed by atoms with Gasteiger partial charge in [0.05, 0.1) is 17.7 Å². The summed E-state index contributed by atoms with van der Waals surface area (Å²) >= 11 is 5.78. The van der Waals surface area contributed by atoms with Gasteiger partial charge in [0.2, 0.25) is 11.7 Å². The molecule has 0 aromatic carbocycles. The van der Waals surface area contributed by atoms with Crippen LogP contribution in [0.5, 0.6) is 5.88 Å². The Labute approximate surface area is 108 Å². The first-order chi connectivity index (χ1) is 8.61. The number of halogens is 1. The Morgan fingerprint density at radius 2 is 2.11 bits per heavy atom. The van der Waals surface area contributed by atoms with Gasteiger partial charge < -0.3 is 10.5 Å². The highest BCUT2D eigenvalue weighted by atomic mass is 35.5. The number of pyridine rings is 1. The first kappa shape index (κ1) is 12.3. The second-order valence-electron chi connectivity index (χ2n) is 3.36. The number of anilines is 1. The Hall–Kier alpha value is -2.21. The van der Waals surface area contributed by atoms with Crippen LogP contribution in [-0.2, 0) is 0 Å². The van der Waals surface area contributed by atoms with Gasteiger partial charge in [-0.1, -0.05) is 11.6 Å². The molecule has 2 aromatic rings. The smallest absolute Gasteiger partial charge is 0.216 e. The van der Waals surface area contributed by atoms with E-state index in [-0.39, 0.29) is 22.9 Å². The van der Waals surface area contributed by atoms with Crippen molar-refractivity contribution >= 4 is 23.2 Å². The van der Waals surface area contributed by atoms with E-state index in [1.54, 1.807) is 0 Å². The highest BCUT2D eigenvalue weighted by Gasteiger charge is 2.16. The van der Waals surface area contributed by atoms with Gasteiger partial charge in [0.1, 0.15) is 17.8 Å². The minimum absolute atomic E-state index is 0.0991. The van der Waals surface area contributed by atoms with Gasteiger partial charge in [-0.3, -0.25) is 4.79 Å². The van der Waals surface area contributed by atoms with E-state index in [0.29, 0.717) is 10.9 Å². The van der Waals surface area contributed by atoms with Gasteiger partial charge in [0.25, 0.3) is 0 Å². The number of nitrogens with zero attached hydrogens (tertiary/aromatic N) is 3. The number of nitrogens with two attached hydrogens (primary N) is 1. The van der Waals surface area contributed by atoms with E-state index in [2.05, 4.69) is 15.0 Å². The Morgan fingerprint density at radius 3 is 2.83 bits per heavy atom. The second-order valence-corrected chi connectivity index (χ2v) is 3.80. The van der Waals surface area contributed by atoms with Gasteiger partial charge in [-0.25, -0.2) is 15.0 Å². The summed E-state index contributed by atoms with van der Waals surface area (Å²) in [5.41, 5.74) is 5.99. The van der Waals surface area contributed by atoms with E-state index in [1.165, 1.54) is 31.8 Å². The summed E-state index contributed by atoms with van der Waals surface area (Å²) in [6.45, 7) is 0. The SMILES string of the molecule is COc1cc(C(=O)c2cc(Cl)cnc2N)ncn1. The lowest BCUT2D eigenvalue weighted by Crippen LogP contribution is -2.09. The fraction of sp³-hybridized carbons (Fsp3) is 0.0909. The molecular formula is C11H9ClN4O2. The normalized spacial score (nSPS) is 10.1. The van der Waals surface area contributed by atoms with E-state index in [0.717, 1.165) is 0 Å². The molecule has 0 saturated carbocycles. The first-order valence-electron chi connectivity index (χ1n) is 4.93. The summed E-state index contributed by atoms with van der Waals surface area (Å²) in [5.74, 6) is 0.00656. The van der Waals surface area contributed by atoms with Crippen molar-refractivity contribution in [2.45, 2.75) is 0 Å². The number of hydrogen-bond donors (Lipinski definition) is 1. The van der Waals surface area contributed by atoms with Crippen molar-refractivity contribution in [1.29, 1.82) is 0 Å². The van der Waals surface area contributed by atoms with Crippen molar-refractivity contribution in [2.75, 3.05) is 12.8 Å². The molecule has 0 unspecified atom stereocenters. The maximum atomic E-state index is 12.2. The molecule has 92 valence electrons. The number of aromatic nitrogens is 3. The average Bonchev–Trinajstić information content (AvgIpc) is 2.41. The van der Waals surface area contributed by atoms with Gasteiger partial charge >= 0.3 is 0 Å². The molecule has 0 atom stereocenters. The Bertz CT molecular complexity index is 603. The summed E-state index contributed by atoms with van der Waals surface area (Å²) in [7, 11) is 1.45. The van der Waals surface area contributed by atoms with Gasteiger partial charge in [-0.2, -0.15) is 0 Å². The van der Waals surface area contributed by atoms with Gasteiger partial charge in [0, 0.05) is 12.3 Å². The summed E-state index contributed by atoms with van der Waals surface area (Å²) in [6.07, 6.45) is 2.61. The first-order valence-corrected chi connectivity index (χ1v) is 5.31. The molecule has 0 aliphatic carbocycles. The Balaban J connectivity index is 2.44. The van der Waals surface area contributed by atoms with Gasteiger partial charge in [-0.15, -0.1) is 0 Å². The molecule has 6 nitrogen and oxygen atoms in total. The molecule has 0 aliphatic heterocycles. The molecule has 0 radical (unpaired) electrons. The second kappa shape index (κ2) is 4.97. The summed E-state index contributed by atoms with van der Waals surface area (Å²) < 4.78 is 4.92. The molecule has 2 heterocycles. The molecule has 7 heteroatoms. The number of methoxy groups -OCH3 is 1. The standard InChI is InChI=1S/C11H9ClN4O2/c1-18-9-3-8(15-5-16-9)10(17)7-2-6(12)4-14-11(7)13/h2-5H,1H3,(H2,13,14). The van der Waals surface area contributed by atoms with Crippen molar-refractivity contribution in [3.63, 3.8) is 0 Å². The number of ether oxygens (including phenoxy) is 1. The van der Waals surface area contributed by atoms with Crippen LogP contribution < -0.4 is 10.5 Å².